The minimum atomic E-state index is -0.988. The summed E-state index contributed by atoms with van der Waals surface area (Å²) in [5.41, 5.74) is 11.9. The van der Waals surface area contributed by atoms with Gasteiger partial charge in [-0.15, -0.1) is 0 Å². The third kappa shape index (κ3) is 7.12. The van der Waals surface area contributed by atoms with Gasteiger partial charge < -0.3 is 28.9 Å². The molecule has 3 aromatic heterocycles. The highest BCUT2D eigenvalue weighted by molar-refractivity contribution is 6.12. The third-order valence-electron chi connectivity index (χ3n) is 13.1. The van der Waals surface area contributed by atoms with Gasteiger partial charge in [-0.05, 0) is 102 Å². The highest BCUT2D eigenvalue weighted by atomic mass is 16.5. The zero-order chi connectivity index (χ0) is 41.6. The summed E-state index contributed by atoms with van der Waals surface area (Å²) in [4.78, 5) is 33.7. The highest BCUT2D eigenvalue weighted by Gasteiger charge is 2.30. The van der Waals surface area contributed by atoms with Crippen LogP contribution in [-0.4, -0.2) is 83.2 Å². The minimum Gasteiger partial charge on any atom is -0.478 e. The highest BCUT2D eigenvalue weighted by Crippen LogP contribution is 2.44. The predicted octanol–water partition coefficient (Wildman–Crippen LogP) is 10.7. The summed E-state index contributed by atoms with van der Waals surface area (Å²) in [7, 11) is 0. The van der Waals surface area contributed by atoms with Crippen LogP contribution in [0.2, 0.25) is 0 Å². The molecule has 5 heterocycles. The molecule has 0 radical (unpaired) electrons. The number of aromatic nitrogens is 4. The molecule has 0 amide bonds. The summed E-state index contributed by atoms with van der Waals surface area (Å²) < 4.78 is 13.6. The van der Waals surface area contributed by atoms with E-state index in [2.05, 4.69) is 110 Å². The molecule has 2 saturated heterocycles. The summed E-state index contributed by atoms with van der Waals surface area (Å²) in [6.45, 7) is 6.35. The van der Waals surface area contributed by atoms with Crippen LogP contribution >= 0.6 is 0 Å². The molecule has 62 heavy (non-hydrogen) atoms. The van der Waals surface area contributed by atoms with Crippen LogP contribution < -0.4 is 9.80 Å². The van der Waals surface area contributed by atoms with Crippen LogP contribution in [0.3, 0.4) is 0 Å². The molecule has 0 unspecified atom stereocenters. The van der Waals surface area contributed by atoms with E-state index < -0.39 is 5.97 Å². The second-order valence-electron chi connectivity index (χ2n) is 16.8. The number of rotatable bonds is 8. The van der Waals surface area contributed by atoms with Gasteiger partial charge in [0.05, 0.1) is 59.8 Å². The maximum atomic E-state index is 13.8. The van der Waals surface area contributed by atoms with E-state index in [4.69, 9.17) is 19.4 Å². The average molecular weight is 821 g/mol. The van der Waals surface area contributed by atoms with Gasteiger partial charge in [0.25, 0.3) is 0 Å². The van der Waals surface area contributed by atoms with E-state index in [0.717, 1.165) is 132 Å². The fourth-order valence-electron chi connectivity index (χ4n) is 9.87. The molecule has 1 N–H and O–H groups in total. The Labute approximate surface area is 360 Å². The number of fused-ring (bicyclic) bond motifs is 3. The van der Waals surface area contributed by atoms with E-state index in [1.165, 1.54) is 12.1 Å². The first-order chi connectivity index (χ1) is 30.6. The summed E-state index contributed by atoms with van der Waals surface area (Å²) in [6.07, 6.45) is 7.32. The molecule has 8 aromatic rings. The Balaban J connectivity index is 1.07. The molecule has 10 nitrogen and oxygen atoms in total. The number of benzene rings is 5. The summed E-state index contributed by atoms with van der Waals surface area (Å²) in [5, 5.41) is 13.2. The Morgan fingerprint density at radius 1 is 0.613 bits per heavy atom. The number of pyridine rings is 2. The van der Waals surface area contributed by atoms with Crippen LogP contribution in [0.15, 0.2) is 121 Å². The van der Waals surface area contributed by atoms with Crippen molar-refractivity contribution in [3.05, 3.63) is 127 Å². The number of hydrogen-bond donors (Lipinski definition) is 1. The fraction of sp³-hybridized carbons (Fsp3) is 0.269. The molecule has 2 aliphatic heterocycles. The molecule has 1 aliphatic carbocycles. The van der Waals surface area contributed by atoms with E-state index in [9.17, 15) is 9.90 Å². The minimum absolute atomic E-state index is 0.210. The molecular formula is C52H48N6O4. The van der Waals surface area contributed by atoms with Crippen LogP contribution in [0.1, 0.15) is 48.5 Å². The zero-order valence-electron chi connectivity index (χ0n) is 34.7. The monoisotopic (exact) mass is 820 g/mol. The zero-order valence-corrected chi connectivity index (χ0v) is 34.7. The normalized spacial score (nSPS) is 16.4. The molecule has 1 saturated carbocycles. The molecule has 10 heteroatoms. The smallest absolute Gasteiger partial charge is 0.337 e. The number of carboxylic acids is 1. The number of anilines is 2. The van der Waals surface area contributed by atoms with Crippen molar-refractivity contribution in [3.8, 4) is 44.9 Å². The lowest BCUT2D eigenvalue weighted by Gasteiger charge is -2.29. The Kier molecular flexibility index (Phi) is 10.1. The SMILES string of the molecule is O=C(O)c1c(-c2ccc(N3CCOCC3)cc2)cc2c(nc(-c3ccc4nc(-c5ccc(N6CCOCC6)cc5)ccc4c3)n2C2CCCCC2)c1-c1ccc2ncccc2c1. The maximum Gasteiger partial charge on any atom is 0.337 e. The lowest BCUT2D eigenvalue weighted by Crippen LogP contribution is -2.36. The number of morpholine rings is 2. The maximum absolute atomic E-state index is 13.8. The molecule has 0 atom stereocenters. The molecule has 11 rings (SSSR count). The number of ether oxygens (including phenoxy) is 2. The van der Waals surface area contributed by atoms with Crippen LogP contribution in [0.25, 0.3) is 77.7 Å². The molecule has 310 valence electrons. The Morgan fingerprint density at radius 3 is 1.92 bits per heavy atom. The lowest BCUT2D eigenvalue weighted by atomic mass is 9.89. The third-order valence-corrected chi connectivity index (χ3v) is 13.1. The standard InChI is InChI=1S/C52H48N6O4/c59-52(60)49-43(34-8-15-40(16-9-34)56-23-27-61-28-24-56)33-47-50(48(49)38-13-19-44-36(31-38)5-4-22-53-44)55-51(58(47)42-6-2-1-3-7-42)39-14-21-46-37(32-39)12-20-45(54-46)35-10-17-41(18-11-35)57-25-29-62-30-26-57/h4-5,8-22,31-33,42H,1-3,6-7,23-30H2,(H,59,60). The van der Waals surface area contributed by atoms with E-state index in [1.54, 1.807) is 6.20 Å². The Bertz CT molecular complexity index is 2940. The second kappa shape index (κ2) is 16.3. The van der Waals surface area contributed by atoms with Gasteiger partial charge in [0, 0.05) is 77.3 Å². The first-order valence-electron chi connectivity index (χ1n) is 22.0. The lowest BCUT2D eigenvalue weighted by molar-refractivity contribution is 0.0698. The van der Waals surface area contributed by atoms with Crippen LogP contribution in [0.5, 0.6) is 0 Å². The average Bonchev–Trinajstić information content (AvgIpc) is 3.73. The van der Waals surface area contributed by atoms with Crippen molar-refractivity contribution >= 4 is 50.2 Å². The van der Waals surface area contributed by atoms with Crippen molar-refractivity contribution in [1.82, 2.24) is 19.5 Å². The summed E-state index contributed by atoms with van der Waals surface area (Å²) >= 11 is 0. The Hall–Kier alpha value is -6.62. The van der Waals surface area contributed by atoms with E-state index >= 15 is 0 Å². The second-order valence-corrected chi connectivity index (χ2v) is 16.8. The van der Waals surface area contributed by atoms with Crippen molar-refractivity contribution in [2.45, 2.75) is 38.1 Å². The van der Waals surface area contributed by atoms with Crippen molar-refractivity contribution in [1.29, 1.82) is 0 Å². The van der Waals surface area contributed by atoms with Gasteiger partial charge in [-0.3, -0.25) is 4.98 Å². The van der Waals surface area contributed by atoms with Gasteiger partial charge in [0.15, 0.2) is 0 Å². The number of aromatic carboxylic acids is 1. The molecule has 5 aromatic carbocycles. The van der Waals surface area contributed by atoms with Gasteiger partial charge in [0.1, 0.15) is 5.82 Å². The van der Waals surface area contributed by atoms with Crippen molar-refractivity contribution in [3.63, 3.8) is 0 Å². The number of hydrogen-bond acceptors (Lipinski definition) is 8. The summed E-state index contributed by atoms with van der Waals surface area (Å²) in [6, 6.07) is 40.0. The summed E-state index contributed by atoms with van der Waals surface area (Å²) in [5.74, 6) is -0.144. The van der Waals surface area contributed by atoms with Crippen molar-refractivity contribution < 1.29 is 19.4 Å². The van der Waals surface area contributed by atoms with E-state index in [-0.39, 0.29) is 11.6 Å². The van der Waals surface area contributed by atoms with Crippen LogP contribution in [0, 0.1) is 0 Å². The van der Waals surface area contributed by atoms with Crippen LogP contribution in [0.4, 0.5) is 11.4 Å². The quantitative estimate of drug-likeness (QED) is 0.160. The first kappa shape index (κ1) is 38.3. The van der Waals surface area contributed by atoms with Crippen molar-refractivity contribution in [2.24, 2.45) is 0 Å². The van der Waals surface area contributed by atoms with Gasteiger partial charge in [-0.1, -0.05) is 61.7 Å². The van der Waals surface area contributed by atoms with Gasteiger partial charge in [-0.2, -0.15) is 0 Å². The van der Waals surface area contributed by atoms with Gasteiger partial charge in [0.2, 0.25) is 0 Å². The molecule has 3 fully saturated rings. The first-order valence-corrected chi connectivity index (χ1v) is 22.0. The van der Waals surface area contributed by atoms with Crippen molar-refractivity contribution in [2.75, 3.05) is 62.4 Å². The molecule has 0 bridgehead atoms. The van der Waals surface area contributed by atoms with Crippen LogP contribution in [-0.2, 0) is 9.47 Å². The number of nitrogens with zero attached hydrogens (tertiary/aromatic N) is 6. The van der Waals surface area contributed by atoms with Gasteiger partial charge >= 0.3 is 5.97 Å². The molecular weight excluding hydrogens is 773 g/mol. The Morgan fingerprint density at radius 2 is 1.23 bits per heavy atom. The molecule has 0 spiro atoms. The van der Waals surface area contributed by atoms with Gasteiger partial charge in [-0.25, -0.2) is 14.8 Å². The topological polar surface area (TPSA) is 106 Å². The number of carboxylic acid groups (broad SMARTS) is 1. The van der Waals surface area contributed by atoms with E-state index in [0.29, 0.717) is 29.9 Å². The predicted molar refractivity (Wildman–Crippen MR) is 247 cm³/mol. The fourth-order valence-corrected chi connectivity index (χ4v) is 9.87. The van der Waals surface area contributed by atoms with E-state index in [1.807, 2.05) is 24.3 Å². The number of carbonyl (C=O) groups is 1. The largest absolute Gasteiger partial charge is 0.478 e. The number of imidazole rings is 1. The molecule has 3 aliphatic rings.